The van der Waals surface area contributed by atoms with E-state index in [2.05, 4.69) is 70.9 Å². The number of aromatic nitrogens is 4. The van der Waals surface area contributed by atoms with Crippen LogP contribution in [-0.4, -0.2) is 19.5 Å². The first-order chi connectivity index (χ1) is 13.6. The van der Waals surface area contributed by atoms with Gasteiger partial charge in [-0.2, -0.15) is 0 Å². The van der Waals surface area contributed by atoms with Gasteiger partial charge >= 0.3 is 0 Å². The second-order valence-electron chi connectivity index (χ2n) is 6.14. The lowest BCUT2D eigenvalue weighted by molar-refractivity contribution is 0.626. The molecule has 4 nitrogen and oxygen atoms in total. The minimum absolute atomic E-state index is 0.202. The van der Waals surface area contributed by atoms with Crippen molar-refractivity contribution in [3.63, 3.8) is 0 Å². The molecule has 7 heteroatoms. The third-order valence-corrected chi connectivity index (χ3v) is 5.86. The zero-order valence-corrected chi connectivity index (χ0v) is 18.9. The van der Waals surface area contributed by atoms with Crippen LogP contribution in [0.25, 0.3) is 22.1 Å². The molecule has 0 unspecified atom stereocenters. The highest BCUT2D eigenvalue weighted by Gasteiger charge is 2.07. The normalized spacial score (nSPS) is 10.8. The fourth-order valence-corrected chi connectivity index (χ4v) is 4.26. The summed E-state index contributed by atoms with van der Waals surface area (Å²) in [5.74, 6) is -0.202. The van der Waals surface area contributed by atoms with Crippen LogP contribution < -0.4 is 0 Å². The minimum atomic E-state index is -0.202. The van der Waals surface area contributed by atoms with Crippen molar-refractivity contribution < 1.29 is 4.39 Å². The van der Waals surface area contributed by atoms with Crippen molar-refractivity contribution >= 4 is 67.2 Å². The molecule has 0 atom stereocenters. The van der Waals surface area contributed by atoms with Gasteiger partial charge in [0.2, 0.25) is 0 Å². The summed E-state index contributed by atoms with van der Waals surface area (Å²) >= 11 is 4.54. The molecule has 5 rings (SSSR count). The lowest BCUT2D eigenvalue weighted by atomic mass is 10.2. The summed E-state index contributed by atoms with van der Waals surface area (Å²) in [4.78, 5) is 11.7. The van der Waals surface area contributed by atoms with Crippen molar-refractivity contribution in [2.24, 2.45) is 0 Å². The maximum absolute atomic E-state index is 12.9. The Kier molecular flexibility index (Phi) is 5.90. The van der Waals surface area contributed by atoms with Crippen molar-refractivity contribution in [2.45, 2.75) is 6.54 Å². The first kappa shape index (κ1) is 19.3. The van der Waals surface area contributed by atoms with Crippen LogP contribution in [0.3, 0.4) is 0 Å². The third-order valence-electron chi connectivity index (χ3n) is 4.25. The van der Waals surface area contributed by atoms with Gasteiger partial charge in [0, 0.05) is 31.3 Å². The lowest BCUT2D eigenvalue weighted by Gasteiger charge is -2.05. The fraction of sp³-hybridized carbons (Fsp3) is 0.0476. The Bertz CT molecular complexity index is 1230. The first-order valence-corrected chi connectivity index (χ1v) is 10.7. The molecule has 0 saturated carbocycles. The second-order valence-corrected chi connectivity index (χ2v) is 8.46. The number of rotatable bonds is 2. The van der Waals surface area contributed by atoms with Gasteiger partial charge in [-0.15, -0.1) is 0 Å². The van der Waals surface area contributed by atoms with E-state index in [9.17, 15) is 4.39 Å². The van der Waals surface area contributed by atoms with Gasteiger partial charge in [-0.05, 0) is 87.1 Å². The summed E-state index contributed by atoms with van der Waals surface area (Å²) in [6.45, 7) is 0.728. The van der Waals surface area contributed by atoms with Crippen LogP contribution in [0.2, 0.25) is 0 Å². The number of fused-ring (bicyclic) bond motifs is 2. The van der Waals surface area contributed by atoms with Crippen molar-refractivity contribution in [1.82, 2.24) is 19.5 Å². The van der Waals surface area contributed by atoms with Crippen molar-refractivity contribution in [2.75, 3.05) is 0 Å². The average molecular weight is 596 g/mol. The Labute approximate surface area is 188 Å². The molecule has 0 aliphatic carbocycles. The Morgan fingerprint density at radius 3 is 2.36 bits per heavy atom. The van der Waals surface area contributed by atoms with Gasteiger partial charge in [0.1, 0.15) is 16.9 Å². The van der Waals surface area contributed by atoms with Crippen molar-refractivity contribution in [3.05, 3.63) is 91.8 Å². The van der Waals surface area contributed by atoms with Crippen LogP contribution in [0.4, 0.5) is 4.39 Å². The molecular weight excluding hydrogens is 581 g/mol. The summed E-state index contributed by atoms with van der Waals surface area (Å²) in [6.07, 6.45) is 7.63. The monoisotopic (exact) mass is 596 g/mol. The Morgan fingerprint density at radius 1 is 0.893 bits per heavy atom. The van der Waals surface area contributed by atoms with E-state index in [-0.39, 0.29) is 5.82 Å². The highest BCUT2D eigenvalue weighted by Crippen LogP contribution is 2.21. The van der Waals surface area contributed by atoms with Gasteiger partial charge in [-0.3, -0.25) is 9.97 Å². The number of hydrogen-bond acceptors (Lipinski definition) is 2. The number of benzene rings is 1. The maximum atomic E-state index is 12.9. The summed E-state index contributed by atoms with van der Waals surface area (Å²) in [7, 11) is 0. The molecule has 4 heterocycles. The Balaban J connectivity index is 0.000000162. The minimum Gasteiger partial charge on any atom is -0.359 e. The van der Waals surface area contributed by atoms with Gasteiger partial charge in [0.15, 0.2) is 0 Å². The lowest BCUT2D eigenvalue weighted by Crippen LogP contribution is -1.97. The van der Waals surface area contributed by atoms with Gasteiger partial charge in [0.25, 0.3) is 0 Å². The molecule has 140 valence electrons. The molecule has 0 saturated heterocycles. The topological polar surface area (TPSA) is 46.5 Å². The fourth-order valence-electron chi connectivity index (χ4n) is 2.92. The number of nitrogens with one attached hydrogen (secondary N) is 1. The number of nitrogens with zero attached hydrogens (tertiary/aromatic N) is 3. The van der Waals surface area contributed by atoms with Crippen LogP contribution in [-0.2, 0) is 6.54 Å². The van der Waals surface area contributed by atoms with E-state index >= 15 is 0 Å². The molecule has 1 N–H and O–H groups in total. The van der Waals surface area contributed by atoms with Gasteiger partial charge in [-0.25, -0.2) is 4.39 Å². The standard InChI is InChI=1S/C14H10FIN2.C7H5IN2/c15-11-5-3-10(4-6-11)8-18-9-12(16)14-13(18)2-1-7-17-14;8-5-4-10-6-2-1-3-9-7(5)6/h1-7,9H,8H2;1-4,10H. The molecule has 0 aliphatic heterocycles. The summed E-state index contributed by atoms with van der Waals surface area (Å²) in [5, 5.41) is 0. The SMILES string of the molecule is Fc1ccc(Cn2cc(I)c3ncccc32)cc1.Ic1c[nH]c2cccnc12. The Morgan fingerprint density at radius 2 is 1.61 bits per heavy atom. The molecular formula is C21H15FI2N4. The molecule has 28 heavy (non-hydrogen) atoms. The molecule has 0 spiro atoms. The molecule has 0 aliphatic rings. The smallest absolute Gasteiger partial charge is 0.123 e. The van der Waals surface area contributed by atoms with E-state index in [4.69, 9.17) is 0 Å². The molecule has 0 fully saturated rings. The van der Waals surface area contributed by atoms with E-state index in [1.54, 1.807) is 12.4 Å². The molecule has 0 radical (unpaired) electrons. The highest BCUT2D eigenvalue weighted by atomic mass is 127. The second kappa shape index (κ2) is 8.56. The number of pyridine rings is 2. The number of H-pyrrole nitrogens is 1. The van der Waals surface area contributed by atoms with Crippen LogP contribution in [0.1, 0.15) is 5.56 Å². The summed E-state index contributed by atoms with van der Waals surface area (Å²) < 4.78 is 17.3. The largest absolute Gasteiger partial charge is 0.359 e. The van der Waals surface area contributed by atoms with E-state index in [0.29, 0.717) is 0 Å². The number of halogens is 3. The van der Waals surface area contributed by atoms with E-state index in [1.807, 2.05) is 42.6 Å². The van der Waals surface area contributed by atoms with Gasteiger partial charge in [0.05, 0.1) is 18.2 Å². The number of aromatic amines is 1. The highest BCUT2D eigenvalue weighted by molar-refractivity contribution is 14.1. The maximum Gasteiger partial charge on any atom is 0.123 e. The van der Waals surface area contributed by atoms with Crippen LogP contribution in [0, 0.1) is 13.0 Å². The first-order valence-electron chi connectivity index (χ1n) is 8.53. The van der Waals surface area contributed by atoms with Gasteiger partial charge in [-0.1, -0.05) is 12.1 Å². The predicted molar refractivity (Wildman–Crippen MR) is 127 cm³/mol. The molecule has 0 bridgehead atoms. The summed E-state index contributed by atoms with van der Waals surface area (Å²) in [5.41, 5.74) is 5.36. The third kappa shape index (κ3) is 4.19. The van der Waals surface area contributed by atoms with Crippen LogP contribution in [0.5, 0.6) is 0 Å². The average Bonchev–Trinajstić information content (AvgIpc) is 3.25. The predicted octanol–water partition coefficient (Wildman–Crippen LogP) is 6.00. The van der Waals surface area contributed by atoms with E-state index in [1.165, 1.54) is 15.7 Å². The molecule has 4 aromatic heterocycles. The van der Waals surface area contributed by atoms with Crippen molar-refractivity contribution in [1.29, 1.82) is 0 Å². The zero-order valence-electron chi connectivity index (χ0n) is 14.6. The quantitative estimate of drug-likeness (QED) is 0.255. The zero-order chi connectivity index (χ0) is 19.5. The van der Waals surface area contributed by atoms with E-state index < -0.39 is 0 Å². The molecule has 0 amide bonds. The number of hydrogen-bond donors (Lipinski definition) is 1. The van der Waals surface area contributed by atoms with Crippen LogP contribution in [0.15, 0.2) is 73.3 Å². The molecule has 5 aromatic rings. The van der Waals surface area contributed by atoms with Crippen LogP contribution >= 0.6 is 45.2 Å². The van der Waals surface area contributed by atoms with E-state index in [0.717, 1.165) is 37.7 Å². The van der Waals surface area contributed by atoms with Crippen molar-refractivity contribution in [3.8, 4) is 0 Å². The summed E-state index contributed by atoms with van der Waals surface area (Å²) in [6, 6.07) is 14.5. The molecule has 1 aromatic carbocycles. The van der Waals surface area contributed by atoms with Gasteiger partial charge < -0.3 is 9.55 Å². The Hall–Kier alpha value is -2.01.